The summed E-state index contributed by atoms with van der Waals surface area (Å²) in [5.41, 5.74) is 2.91. The molecule has 3 heterocycles. The van der Waals surface area contributed by atoms with Gasteiger partial charge in [0.25, 0.3) is 0 Å². The maximum atomic E-state index is 6.41. The van der Waals surface area contributed by atoms with Crippen LogP contribution >= 0.6 is 0 Å². The minimum absolute atomic E-state index is 0.120. The second-order valence-electron chi connectivity index (χ2n) is 6.71. The zero-order chi connectivity index (χ0) is 12.9. The Balaban J connectivity index is 1.57. The van der Waals surface area contributed by atoms with E-state index >= 15 is 0 Å². The lowest BCUT2D eigenvalue weighted by Gasteiger charge is -2.46. The van der Waals surface area contributed by atoms with E-state index in [-0.39, 0.29) is 5.60 Å². The lowest BCUT2D eigenvalue weighted by molar-refractivity contribution is -0.0249. The Morgan fingerprint density at radius 3 is 3.16 bits per heavy atom. The molecule has 2 atom stereocenters. The Morgan fingerprint density at radius 1 is 1.26 bits per heavy atom. The van der Waals surface area contributed by atoms with Gasteiger partial charge in [-0.15, -0.1) is 0 Å². The number of benzene rings is 1. The van der Waals surface area contributed by atoms with Crippen molar-refractivity contribution in [1.82, 2.24) is 4.90 Å². The number of rotatable bonds is 0. The number of aryl methyl sites for hydroxylation is 1. The van der Waals surface area contributed by atoms with E-state index in [4.69, 9.17) is 4.74 Å². The quantitative estimate of drug-likeness (QED) is 0.707. The minimum atomic E-state index is 0.120. The summed E-state index contributed by atoms with van der Waals surface area (Å²) in [5.74, 6) is 1.15. The van der Waals surface area contributed by atoms with Crippen molar-refractivity contribution in [2.45, 2.75) is 57.1 Å². The molecule has 19 heavy (non-hydrogen) atoms. The molecular weight excluding hydrogens is 234 g/mol. The van der Waals surface area contributed by atoms with Crippen LogP contribution in [0.15, 0.2) is 18.2 Å². The number of ether oxygens (including phenoxy) is 1. The molecule has 0 radical (unpaired) electrons. The number of hydrogen-bond donors (Lipinski definition) is 0. The van der Waals surface area contributed by atoms with E-state index in [2.05, 4.69) is 30.0 Å². The third-order valence-electron chi connectivity index (χ3n) is 5.27. The maximum absolute atomic E-state index is 6.41. The smallest absolute Gasteiger partial charge is 0.123 e. The molecule has 102 valence electrons. The molecule has 1 spiro atoms. The first-order valence-electron chi connectivity index (χ1n) is 7.77. The summed E-state index contributed by atoms with van der Waals surface area (Å²) in [6.45, 7) is 4.72. The summed E-state index contributed by atoms with van der Waals surface area (Å²) in [5, 5.41) is 0. The van der Waals surface area contributed by atoms with E-state index < -0.39 is 0 Å². The second kappa shape index (κ2) is 4.24. The van der Waals surface area contributed by atoms with Crippen LogP contribution in [0.1, 0.15) is 43.2 Å². The fraction of sp³-hybridized carbons (Fsp3) is 0.647. The van der Waals surface area contributed by atoms with Crippen LogP contribution < -0.4 is 4.74 Å². The first kappa shape index (κ1) is 11.8. The van der Waals surface area contributed by atoms with Gasteiger partial charge in [0.2, 0.25) is 0 Å². The van der Waals surface area contributed by atoms with Gasteiger partial charge in [-0.3, -0.25) is 0 Å². The van der Waals surface area contributed by atoms with Crippen LogP contribution in [0.5, 0.6) is 5.75 Å². The van der Waals surface area contributed by atoms with E-state index in [9.17, 15) is 0 Å². The van der Waals surface area contributed by atoms with Crippen LogP contribution in [0.25, 0.3) is 0 Å². The zero-order valence-corrected chi connectivity index (χ0v) is 11.8. The Labute approximate surface area is 115 Å². The normalized spacial score (nSPS) is 33.8. The van der Waals surface area contributed by atoms with Gasteiger partial charge in [0, 0.05) is 31.8 Å². The molecule has 0 aliphatic carbocycles. The molecule has 0 amide bonds. The van der Waals surface area contributed by atoms with Gasteiger partial charge in [0.1, 0.15) is 11.4 Å². The van der Waals surface area contributed by atoms with Crippen molar-refractivity contribution < 1.29 is 4.74 Å². The predicted molar refractivity (Wildman–Crippen MR) is 76.7 cm³/mol. The minimum Gasteiger partial charge on any atom is -0.487 e. The second-order valence-corrected chi connectivity index (χ2v) is 6.71. The highest BCUT2D eigenvalue weighted by molar-refractivity contribution is 5.42. The van der Waals surface area contributed by atoms with Crippen molar-refractivity contribution in [3.8, 4) is 5.75 Å². The Morgan fingerprint density at radius 2 is 2.21 bits per heavy atom. The zero-order valence-electron chi connectivity index (χ0n) is 11.8. The molecule has 0 unspecified atom stereocenters. The fourth-order valence-electron chi connectivity index (χ4n) is 4.28. The molecule has 1 aromatic carbocycles. The van der Waals surface area contributed by atoms with Gasteiger partial charge in [-0.1, -0.05) is 24.1 Å². The molecule has 0 N–H and O–H groups in total. The van der Waals surface area contributed by atoms with E-state index in [0.717, 1.165) is 18.2 Å². The van der Waals surface area contributed by atoms with Gasteiger partial charge in [-0.05, 0) is 37.9 Å². The van der Waals surface area contributed by atoms with Gasteiger partial charge < -0.3 is 9.64 Å². The summed E-state index contributed by atoms with van der Waals surface area (Å²) in [4.78, 5) is 2.70. The highest BCUT2D eigenvalue weighted by Crippen LogP contribution is 2.44. The van der Waals surface area contributed by atoms with Crippen LogP contribution in [-0.4, -0.2) is 29.6 Å². The van der Waals surface area contributed by atoms with Gasteiger partial charge in [0.05, 0.1) is 0 Å². The van der Waals surface area contributed by atoms with E-state index in [1.54, 1.807) is 0 Å². The monoisotopic (exact) mass is 257 g/mol. The van der Waals surface area contributed by atoms with Gasteiger partial charge in [-0.2, -0.15) is 0 Å². The van der Waals surface area contributed by atoms with Crippen molar-refractivity contribution in [2.75, 3.05) is 13.1 Å². The van der Waals surface area contributed by atoms with E-state index in [0.29, 0.717) is 0 Å². The van der Waals surface area contributed by atoms with Crippen LogP contribution in [-0.2, 0) is 6.42 Å². The van der Waals surface area contributed by atoms with Crippen LogP contribution in [0.3, 0.4) is 0 Å². The highest BCUT2D eigenvalue weighted by atomic mass is 16.5. The number of nitrogens with zero attached hydrogens (tertiary/aromatic N) is 1. The molecule has 2 fully saturated rings. The van der Waals surface area contributed by atoms with Crippen molar-refractivity contribution in [3.05, 3.63) is 29.3 Å². The molecule has 3 aliphatic heterocycles. The summed E-state index contributed by atoms with van der Waals surface area (Å²) in [7, 11) is 0. The summed E-state index contributed by atoms with van der Waals surface area (Å²) < 4.78 is 6.41. The topological polar surface area (TPSA) is 12.5 Å². The molecule has 2 nitrogen and oxygen atoms in total. The predicted octanol–water partition coefficient (Wildman–Crippen LogP) is 3.32. The summed E-state index contributed by atoms with van der Waals surface area (Å²) in [6, 6.07) is 7.44. The molecule has 2 heteroatoms. The Kier molecular flexibility index (Phi) is 2.63. The third-order valence-corrected chi connectivity index (χ3v) is 5.27. The molecule has 1 aromatic rings. The van der Waals surface area contributed by atoms with Crippen molar-refractivity contribution >= 4 is 0 Å². The molecule has 0 aromatic heterocycles. The average Bonchev–Trinajstić information content (AvgIpc) is 2.75. The van der Waals surface area contributed by atoms with Crippen molar-refractivity contribution in [1.29, 1.82) is 0 Å². The lowest BCUT2D eigenvalue weighted by Crippen LogP contribution is -2.54. The first-order valence-corrected chi connectivity index (χ1v) is 7.77. The molecular formula is C17H23NO. The standard InChI is InChI=1S/C17H23NO/c1-13-5-6-16-14(10-13)11-17(19-16)7-9-18-8-3-2-4-15(18)12-17/h5-6,10,15H,2-4,7-9,11-12H2,1H3/t15-,17-/m1/s1. The van der Waals surface area contributed by atoms with E-state index in [1.807, 2.05) is 0 Å². The number of hydrogen-bond acceptors (Lipinski definition) is 2. The molecule has 0 bridgehead atoms. The first-order chi connectivity index (χ1) is 9.24. The number of piperidine rings is 2. The van der Waals surface area contributed by atoms with Crippen LogP contribution in [0.2, 0.25) is 0 Å². The SMILES string of the molecule is Cc1ccc2c(c1)C[C@@]1(CCN3CCCC[C@@H]3C1)O2. The van der Waals surface area contributed by atoms with Crippen LogP contribution in [0.4, 0.5) is 0 Å². The summed E-state index contributed by atoms with van der Waals surface area (Å²) in [6.07, 6.45) is 7.75. The Hall–Kier alpha value is -1.02. The number of fused-ring (bicyclic) bond motifs is 2. The van der Waals surface area contributed by atoms with Crippen LogP contribution in [0, 0.1) is 6.92 Å². The van der Waals surface area contributed by atoms with Crippen molar-refractivity contribution in [3.63, 3.8) is 0 Å². The fourth-order valence-corrected chi connectivity index (χ4v) is 4.28. The molecule has 2 saturated heterocycles. The summed E-state index contributed by atoms with van der Waals surface area (Å²) >= 11 is 0. The molecule has 4 rings (SSSR count). The molecule has 3 aliphatic rings. The Bertz CT molecular complexity index is 498. The molecule has 0 saturated carbocycles. The lowest BCUT2D eigenvalue weighted by atomic mass is 9.80. The third kappa shape index (κ3) is 1.97. The van der Waals surface area contributed by atoms with Crippen molar-refractivity contribution in [2.24, 2.45) is 0 Å². The van der Waals surface area contributed by atoms with Gasteiger partial charge in [-0.25, -0.2) is 0 Å². The maximum Gasteiger partial charge on any atom is 0.123 e. The van der Waals surface area contributed by atoms with Gasteiger partial charge in [0.15, 0.2) is 0 Å². The van der Waals surface area contributed by atoms with E-state index in [1.165, 1.54) is 56.3 Å². The average molecular weight is 257 g/mol. The highest BCUT2D eigenvalue weighted by Gasteiger charge is 2.45. The van der Waals surface area contributed by atoms with Gasteiger partial charge >= 0.3 is 0 Å². The largest absolute Gasteiger partial charge is 0.487 e.